The second-order valence-corrected chi connectivity index (χ2v) is 5.81. The Labute approximate surface area is 153 Å². The van der Waals surface area contributed by atoms with Gasteiger partial charge in [0.2, 0.25) is 0 Å². The van der Waals surface area contributed by atoms with Gasteiger partial charge in [-0.1, -0.05) is 36.4 Å². The van der Waals surface area contributed by atoms with Gasteiger partial charge in [-0.2, -0.15) is 0 Å². The minimum atomic E-state index is -0.336. The molecule has 0 aliphatic rings. The average Bonchev–Trinajstić information content (AvgIpc) is 2.60. The van der Waals surface area contributed by atoms with E-state index in [9.17, 15) is 9.59 Å². The highest BCUT2D eigenvalue weighted by atomic mass is 16.5. The summed E-state index contributed by atoms with van der Waals surface area (Å²) in [7, 11) is 0. The molecule has 0 unspecified atom stereocenters. The molecule has 2 aromatic rings. The lowest BCUT2D eigenvalue weighted by Crippen LogP contribution is -2.01. The van der Waals surface area contributed by atoms with Crippen LogP contribution in [0.1, 0.15) is 38.8 Å². The Morgan fingerprint density at radius 3 is 1.54 bits per heavy atom. The van der Waals surface area contributed by atoms with Crippen LogP contribution in [0.5, 0.6) is 11.5 Å². The summed E-state index contributed by atoms with van der Waals surface area (Å²) in [6.07, 6.45) is 4.11. The molecule has 0 bridgehead atoms. The molecular formula is C22H22O4. The first-order valence-electron chi connectivity index (χ1n) is 8.31. The third kappa shape index (κ3) is 5.45. The van der Waals surface area contributed by atoms with Crippen LogP contribution in [0, 0.1) is 0 Å². The molecule has 0 aliphatic heterocycles. The van der Waals surface area contributed by atoms with Crippen molar-refractivity contribution >= 4 is 23.1 Å². The molecule has 0 spiro atoms. The molecule has 0 amide bonds. The van der Waals surface area contributed by atoms with Gasteiger partial charge < -0.3 is 9.47 Å². The van der Waals surface area contributed by atoms with Crippen LogP contribution in [0.2, 0.25) is 0 Å². The molecule has 0 atom stereocenters. The molecule has 0 heterocycles. The zero-order chi connectivity index (χ0) is 19.1. The molecule has 2 aromatic carbocycles. The number of carbonyl (C=O) groups is 2. The zero-order valence-electron chi connectivity index (χ0n) is 15.4. The molecule has 26 heavy (non-hydrogen) atoms. The monoisotopic (exact) mass is 350 g/mol. The SMILES string of the molecule is C/C=C(/C=C(\C)c1ccc(OC(C)=O)cc1)c1ccc(OC(C)=O)cc1. The minimum absolute atomic E-state index is 0.335. The maximum Gasteiger partial charge on any atom is 0.308 e. The zero-order valence-corrected chi connectivity index (χ0v) is 15.4. The maximum atomic E-state index is 11.0. The normalized spacial score (nSPS) is 11.8. The first kappa shape index (κ1) is 19.2. The third-order valence-corrected chi connectivity index (χ3v) is 3.70. The van der Waals surface area contributed by atoms with Crippen molar-refractivity contribution < 1.29 is 19.1 Å². The van der Waals surface area contributed by atoms with Crippen LogP contribution in [-0.2, 0) is 9.59 Å². The van der Waals surface area contributed by atoms with Crippen molar-refractivity contribution in [2.24, 2.45) is 0 Å². The van der Waals surface area contributed by atoms with E-state index in [4.69, 9.17) is 9.47 Å². The molecular weight excluding hydrogens is 328 g/mol. The van der Waals surface area contributed by atoms with Crippen LogP contribution < -0.4 is 9.47 Å². The van der Waals surface area contributed by atoms with E-state index in [1.807, 2.05) is 44.2 Å². The van der Waals surface area contributed by atoms with Crippen molar-refractivity contribution in [1.82, 2.24) is 0 Å². The summed E-state index contributed by atoms with van der Waals surface area (Å²) >= 11 is 0. The quantitative estimate of drug-likeness (QED) is 0.430. The Kier molecular flexibility index (Phi) is 6.50. The Balaban J connectivity index is 2.19. The van der Waals surface area contributed by atoms with Crippen molar-refractivity contribution in [2.75, 3.05) is 0 Å². The fraction of sp³-hybridized carbons (Fsp3) is 0.182. The van der Waals surface area contributed by atoms with Gasteiger partial charge in [-0.05, 0) is 60.4 Å². The van der Waals surface area contributed by atoms with E-state index in [1.165, 1.54) is 13.8 Å². The van der Waals surface area contributed by atoms with E-state index < -0.39 is 0 Å². The molecule has 0 saturated carbocycles. The molecule has 2 rings (SSSR count). The minimum Gasteiger partial charge on any atom is -0.427 e. The van der Waals surface area contributed by atoms with Crippen molar-refractivity contribution in [2.45, 2.75) is 27.7 Å². The largest absolute Gasteiger partial charge is 0.427 e. The number of rotatable bonds is 5. The predicted molar refractivity (Wildman–Crippen MR) is 103 cm³/mol. The van der Waals surface area contributed by atoms with Crippen LogP contribution in [0.3, 0.4) is 0 Å². The molecule has 4 heteroatoms. The van der Waals surface area contributed by atoms with Crippen LogP contribution in [0.25, 0.3) is 11.1 Å². The standard InChI is InChI=1S/C22H22O4/c1-5-18(20-8-12-22(13-9-20)26-17(4)24)14-15(2)19-6-10-21(11-7-19)25-16(3)23/h5-14H,1-4H3/b15-14+,18-5-. The number of hydrogen-bond donors (Lipinski definition) is 0. The fourth-order valence-corrected chi connectivity index (χ4v) is 2.48. The van der Waals surface area contributed by atoms with E-state index in [1.54, 1.807) is 24.3 Å². The molecule has 0 N–H and O–H groups in total. The summed E-state index contributed by atoms with van der Waals surface area (Å²) in [4.78, 5) is 22.0. The van der Waals surface area contributed by atoms with E-state index >= 15 is 0 Å². The number of hydrogen-bond acceptors (Lipinski definition) is 4. The lowest BCUT2D eigenvalue weighted by Gasteiger charge is -2.08. The van der Waals surface area contributed by atoms with E-state index in [-0.39, 0.29) is 11.9 Å². The molecule has 4 nitrogen and oxygen atoms in total. The summed E-state index contributed by atoms with van der Waals surface area (Å²) in [5.74, 6) is 0.384. The van der Waals surface area contributed by atoms with E-state index in [2.05, 4.69) is 6.08 Å². The molecule has 0 saturated heterocycles. The Morgan fingerprint density at radius 1 is 0.731 bits per heavy atom. The summed E-state index contributed by atoms with van der Waals surface area (Å²) < 4.78 is 10.1. The molecule has 0 fully saturated rings. The molecule has 134 valence electrons. The van der Waals surface area contributed by atoms with Crippen LogP contribution in [0.15, 0.2) is 60.7 Å². The smallest absolute Gasteiger partial charge is 0.308 e. The van der Waals surface area contributed by atoms with Gasteiger partial charge in [0, 0.05) is 13.8 Å². The molecule has 0 aromatic heterocycles. The Bertz CT molecular complexity index is 841. The van der Waals surface area contributed by atoms with Gasteiger partial charge in [0.05, 0.1) is 0 Å². The second kappa shape index (κ2) is 8.81. The predicted octanol–water partition coefficient (Wildman–Crippen LogP) is 5.04. The van der Waals surface area contributed by atoms with E-state index in [0.29, 0.717) is 11.5 Å². The number of benzene rings is 2. The van der Waals surface area contributed by atoms with Gasteiger partial charge in [0.25, 0.3) is 0 Å². The van der Waals surface area contributed by atoms with Gasteiger partial charge >= 0.3 is 11.9 Å². The Hall–Kier alpha value is -3.14. The lowest BCUT2D eigenvalue weighted by atomic mass is 9.99. The van der Waals surface area contributed by atoms with Crippen LogP contribution >= 0.6 is 0 Å². The third-order valence-electron chi connectivity index (χ3n) is 3.70. The second-order valence-electron chi connectivity index (χ2n) is 5.81. The number of carbonyl (C=O) groups excluding carboxylic acids is 2. The summed E-state index contributed by atoms with van der Waals surface area (Å²) in [6, 6.07) is 14.8. The summed E-state index contributed by atoms with van der Waals surface area (Å²) in [6.45, 7) is 6.76. The van der Waals surface area contributed by atoms with Crippen LogP contribution in [0.4, 0.5) is 0 Å². The van der Waals surface area contributed by atoms with Gasteiger partial charge in [0.15, 0.2) is 0 Å². The highest BCUT2D eigenvalue weighted by Crippen LogP contribution is 2.25. The van der Waals surface area contributed by atoms with E-state index in [0.717, 1.165) is 22.3 Å². The van der Waals surface area contributed by atoms with Gasteiger partial charge in [-0.15, -0.1) is 0 Å². The number of ether oxygens (including phenoxy) is 2. The highest BCUT2D eigenvalue weighted by molar-refractivity contribution is 5.83. The summed E-state index contributed by atoms with van der Waals surface area (Å²) in [5, 5.41) is 0. The van der Waals surface area contributed by atoms with Crippen LogP contribution in [-0.4, -0.2) is 11.9 Å². The first-order valence-corrected chi connectivity index (χ1v) is 8.31. The van der Waals surface area contributed by atoms with Gasteiger partial charge in [-0.3, -0.25) is 9.59 Å². The maximum absolute atomic E-state index is 11.0. The van der Waals surface area contributed by atoms with Crippen molar-refractivity contribution in [3.8, 4) is 11.5 Å². The van der Waals surface area contributed by atoms with Crippen molar-refractivity contribution in [1.29, 1.82) is 0 Å². The highest BCUT2D eigenvalue weighted by Gasteiger charge is 2.04. The van der Waals surface area contributed by atoms with Gasteiger partial charge in [-0.25, -0.2) is 0 Å². The number of esters is 2. The molecule has 0 radical (unpaired) electrons. The summed E-state index contributed by atoms with van der Waals surface area (Å²) in [5.41, 5.74) is 4.20. The topological polar surface area (TPSA) is 52.6 Å². The lowest BCUT2D eigenvalue weighted by molar-refractivity contribution is -0.132. The van der Waals surface area contributed by atoms with Gasteiger partial charge in [0.1, 0.15) is 11.5 Å². The van der Waals surface area contributed by atoms with Crippen molar-refractivity contribution in [3.05, 3.63) is 71.8 Å². The van der Waals surface area contributed by atoms with Crippen molar-refractivity contribution in [3.63, 3.8) is 0 Å². The first-order chi connectivity index (χ1) is 12.4. The average molecular weight is 350 g/mol. The number of allylic oxidation sites excluding steroid dienone is 4. The Morgan fingerprint density at radius 2 is 1.15 bits per heavy atom. The fourth-order valence-electron chi connectivity index (χ4n) is 2.48. The molecule has 0 aliphatic carbocycles.